The zero-order chi connectivity index (χ0) is 6.85. The lowest BCUT2D eigenvalue weighted by atomic mass is 10.4. The number of oxazole rings is 1. The molecule has 0 spiro atoms. The second-order valence-corrected chi connectivity index (χ2v) is 1.54. The third-order valence-corrected chi connectivity index (χ3v) is 0.938. The topological polar surface area (TPSA) is 66.2 Å². The van der Waals surface area contributed by atoms with E-state index in [4.69, 9.17) is 0 Å². The van der Waals surface area contributed by atoms with E-state index < -0.39 is 5.97 Å². The standard InChI is InChI=1S/C5H5NO3/c1-3-4(5(7)8)6-2-9-3/h2H,1H3,(H,7,8)/p-1. The minimum atomic E-state index is -1.30. The Bertz CT molecular complexity index is 228. The maximum Gasteiger partial charge on any atom is 0.181 e. The van der Waals surface area contributed by atoms with Crippen molar-refractivity contribution in [3.8, 4) is 0 Å². The van der Waals surface area contributed by atoms with E-state index >= 15 is 0 Å². The van der Waals surface area contributed by atoms with Crippen molar-refractivity contribution in [3.63, 3.8) is 0 Å². The first-order chi connectivity index (χ1) is 4.22. The van der Waals surface area contributed by atoms with E-state index in [0.717, 1.165) is 6.39 Å². The number of hydrogen-bond donors (Lipinski definition) is 0. The van der Waals surface area contributed by atoms with Crippen molar-refractivity contribution in [2.45, 2.75) is 6.92 Å². The van der Waals surface area contributed by atoms with Crippen molar-refractivity contribution in [1.29, 1.82) is 0 Å². The zero-order valence-corrected chi connectivity index (χ0v) is 4.75. The van der Waals surface area contributed by atoms with E-state index in [0.29, 0.717) is 0 Å². The summed E-state index contributed by atoms with van der Waals surface area (Å²) >= 11 is 0. The molecule has 0 saturated carbocycles. The molecule has 1 rings (SSSR count). The first-order valence-corrected chi connectivity index (χ1v) is 2.33. The average Bonchev–Trinajstić information content (AvgIpc) is 2.13. The fourth-order valence-corrected chi connectivity index (χ4v) is 0.501. The number of carbonyl (C=O) groups is 1. The third kappa shape index (κ3) is 0.910. The maximum atomic E-state index is 10.0. The first kappa shape index (κ1) is 5.81. The van der Waals surface area contributed by atoms with Crippen LogP contribution >= 0.6 is 0 Å². The van der Waals surface area contributed by atoms with Gasteiger partial charge in [-0.05, 0) is 6.92 Å². The highest BCUT2D eigenvalue weighted by molar-refractivity contribution is 5.84. The summed E-state index contributed by atoms with van der Waals surface area (Å²) in [6.45, 7) is 1.51. The minimum absolute atomic E-state index is 0.130. The Morgan fingerprint density at radius 1 is 1.89 bits per heavy atom. The Hall–Kier alpha value is -1.32. The lowest BCUT2D eigenvalue weighted by Crippen LogP contribution is -2.23. The van der Waals surface area contributed by atoms with Gasteiger partial charge in [0.25, 0.3) is 0 Å². The van der Waals surface area contributed by atoms with Crippen molar-refractivity contribution in [1.82, 2.24) is 4.98 Å². The van der Waals surface area contributed by atoms with Gasteiger partial charge >= 0.3 is 0 Å². The van der Waals surface area contributed by atoms with Gasteiger partial charge in [-0.3, -0.25) is 0 Å². The van der Waals surface area contributed by atoms with Gasteiger partial charge in [-0.2, -0.15) is 0 Å². The molecule has 0 aliphatic heterocycles. The number of aryl methyl sites for hydroxylation is 1. The number of aromatic nitrogens is 1. The SMILES string of the molecule is Cc1ocnc1C(=O)[O-]. The number of nitrogens with zero attached hydrogens (tertiary/aromatic N) is 1. The van der Waals surface area contributed by atoms with Gasteiger partial charge < -0.3 is 14.3 Å². The molecule has 9 heavy (non-hydrogen) atoms. The number of rotatable bonds is 1. The van der Waals surface area contributed by atoms with Crippen molar-refractivity contribution in [3.05, 3.63) is 17.8 Å². The highest BCUT2D eigenvalue weighted by atomic mass is 16.4. The quantitative estimate of drug-likeness (QED) is 0.501. The lowest BCUT2D eigenvalue weighted by Gasteiger charge is -1.93. The zero-order valence-electron chi connectivity index (χ0n) is 4.75. The highest BCUT2D eigenvalue weighted by Crippen LogP contribution is 2.01. The summed E-state index contributed by atoms with van der Waals surface area (Å²) in [5, 5.41) is 10.0. The second kappa shape index (κ2) is 1.89. The third-order valence-electron chi connectivity index (χ3n) is 0.938. The number of carbonyl (C=O) groups excluding carboxylic acids is 1. The van der Waals surface area contributed by atoms with Crippen LogP contribution in [0.1, 0.15) is 16.2 Å². The number of aromatic carboxylic acids is 1. The van der Waals surface area contributed by atoms with Gasteiger partial charge in [0.05, 0.1) is 5.97 Å². The molecule has 0 aliphatic rings. The summed E-state index contributed by atoms with van der Waals surface area (Å²) in [5.74, 6) is -1.03. The summed E-state index contributed by atoms with van der Waals surface area (Å²) in [4.78, 5) is 13.4. The molecule has 1 heterocycles. The normalized spacial score (nSPS) is 9.44. The molecular weight excluding hydrogens is 122 g/mol. The molecule has 48 valence electrons. The molecular formula is C5H4NO3-. The number of hydrogen-bond acceptors (Lipinski definition) is 4. The predicted octanol–water partition coefficient (Wildman–Crippen LogP) is -0.653. The van der Waals surface area contributed by atoms with Crippen LogP contribution in [0.25, 0.3) is 0 Å². The number of carboxylic acids is 1. The van der Waals surface area contributed by atoms with Crippen LogP contribution in [0.2, 0.25) is 0 Å². The van der Waals surface area contributed by atoms with Crippen LogP contribution < -0.4 is 5.11 Å². The van der Waals surface area contributed by atoms with Crippen LogP contribution in [0.5, 0.6) is 0 Å². The Balaban J connectivity index is 3.08. The van der Waals surface area contributed by atoms with E-state index in [-0.39, 0.29) is 11.5 Å². The van der Waals surface area contributed by atoms with Gasteiger partial charge in [0.2, 0.25) is 0 Å². The van der Waals surface area contributed by atoms with Crippen LogP contribution in [0.4, 0.5) is 0 Å². The Kier molecular flexibility index (Phi) is 1.22. The molecule has 0 unspecified atom stereocenters. The van der Waals surface area contributed by atoms with E-state index in [2.05, 4.69) is 9.40 Å². The molecule has 0 saturated heterocycles. The monoisotopic (exact) mass is 126 g/mol. The van der Waals surface area contributed by atoms with E-state index in [1.165, 1.54) is 6.92 Å². The Morgan fingerprint density at radius 2 is 2.56 bits per heavy atom. The summed E-state index contributed by atoms with van der Waals surface area (Å²) in [6.07, 6.45) is 1.07. The summed E-state index contributed by atoms with van der Waals surface area (Å²) in [6, 6.07) is 0. The van der Waals surface area contributed by atoms with Gasteiger partial charge in [0.1, 0.15) is 11.5 Å². The maximum absolute atomic E-state index is 10.0. The average molecular weight is 126 g/mol. The molecule has 0 amide bonds. The first-order valence-electron chi connectivity index (χ1n) is 2.33. The van der Waals surface area contributed by atoms with Gasteiger partial charge in [0, 0.05) is 0 Å². The molecule has 0 radical (unpaired) electrons. The second-order valence-electron chi connectivity index (χ2n) is 1.54. The van der Waals surface area contributed by atoms with E-state index in [1.54, 1.807) is 0 Å². The van der Waals surface area contributed by atoms with Crippen LogP contribution in [0.15, 0.2) is 10.8 Å². The smallest absolute Gasteiger partial charge is 0.181 e. The molecule has 4 heteroatoms. The highest BCUT2D eigenvalue weighted by Gasteiger charge is 2.01. The predicted molar refractivity (Wildman–Crippen MR) is 25.6 cm³/mol. The Labute approximate surface area is 51.1 Å². The lowest BCUT2D eigenvalue weighted by molar-refractivity contribution is -0.255. The molecule has 0 atom stereocenters. The summed E-state index contributed by atoms with van der Waals surface area (Å²) in [5.41, 5.74) is -0.130. The Morgan fingerprint density at radius 3 is 2.78 bits per heavy atom. The molecule has 0 N–H and O–H groups in total. The fraction of sp³-hybridized carbons (Fsp3) is 0.200. The van der Waals surface area contributed by atoms with Crippen LogP contribution in [0.3, 0.4) is 0 Å². The molecule has 1 aromatic heterocycles. The molecule has 0 bridgehead atoms. The van der Waals surface area contributed by atoms with Crippen molar-refractivity contribution in [2.75, 3.05) is 0 Å². The van der Waals surface area contributed by atoms with Gasteiger partial charge in [-0.25, -0.2) is 4.98 Å². The van der Waals surface area contributed by atoms with Crippen molar-refractivity contribution >= 4 is 5.97 Å². The summed E-state index contributed by atoms with van der Waals surface area (Å²) < 4.78 is 4.59. The van der Waals surface area contributed by atoms with Crippen LogP contribution in [-0.2, 0) is 0 Å². The molecule has 0 fully saturated rings. The van der Waals surface area contributed by atoms with Crippen molar-refractivity contribution in [2.24, 2.45) is 0 Å². The number of carboxylic acid groups (broad SMARTS) is 1. The summed E-state index contributed by atoms with van der Waals surface area (Å²) in [7, 11) is 0. The molecule has 4 nitrogen and oxygen atoms in total. The van der Waals surface area contributed by atoms with Gasteiger partial charge in [0.15, 0.2) is 6.39 Å². The molecule has 0 aromatic carbocycles. The molecule has 1 aromatic rings. The van der Waals surface area contributed by atoms with E-state index in [9.17, 15) is 9.90 Å². The van der Waals surface area contributed by atoms with Gasteiger partial charge in [-0.15, -0.1) is 0 Å². The largest absolute Gasteiger partial charge is 0.543 e. The van der Waals surface area contributed by atoms with Crippen LogP contribution in [-0.4, -0.2) is 11.0 Å². The fourth-order valence-electron chi connectivity index (χ4n) is 0.501. The minimum Gasteiger partial charge on any atom is -0.543 e. The van der Waals surface area contributed by atoms with Crippen molar-refractivity contribution < 1.29 is 14.3 Å². The van der Waals surface area contributed by atoms with Crippen LogP contribution in [0, 0.1) is 6.92 Å². The van der Waals surface area contributed by atoms with Gasteiger partial charge in [-0.1, -0.05) is 0 Å². The molecule has 0 aliphatic carbocycles. The van der Waals surface area contributed by atoms with E-state index in [1.807, 2.05) is 0 Å².